The second kappa shape index (κ2) is 7.54. The van der Waals surface area contributed by atoms with Crippen molar-refractivity contribution in [3.05, 3.63) is 53.0 Å². The molecule has 1 N–H and O–H groups in total. The first-order chi connectivity index (χ1) is 12.7. The summed E-state index contributed by atoms with van der Waals surface area (Å²) < 4.78 is 0. The van der Waals surface area contributed by atoms with Gasteiger partial charge >= 0.3 is 0 Å². The van der Waals surface area contributed by atoms with E-state index in [-0.39, 0.29) is 5.91 Å². The minimum Gasteiger partial charge on any atom is -0.310 e. The van der Waals surface area contributed by atoms with Crippen LogP contribution in [0.5, 0.6) is 0 Å². The van der Waals surface area contributed by atoms with Crippen molar-refractivity contribution < 1.29 is 4.79 Å². The van der Waals surface area contributed by atoms with E-state index in [9.17, 15) is 4.79 Å². The highest BCUT2D eigenvalue weighted by atomic mass is 16.1. The molecule has 0 bridgehead atoms. The van der Waals surface area contributed by atoms with Crippen LogP contribution in [-0.2, 0) is 24.1 Å². The second-order valence-corrected chi connectivity index (χ2v) is 7.47. The molecule has 2 heterocycles. The average Bonchev–Trinajstić information content (AvgIpc) is 2.77. The number of hydrogen-bond donors (Lipinski definition) is 1. The van der Waals surface area contributed by atoms with Crippen LogP contribution in [0.3, 0.4) is 0 Å². The van der Waals surface area contributed by atoms with Gasteiger partial charge in [0.2, 0.25) is 5.91 Å². The fourth-order valence-electron chi connectivity index (χ4n) is 3.92. The topological polar surface area (TPSA) is 58.1 Å². The number of carbonyl (C=O) groups excluding carboxylic acids is 1. The first kappa shape index (κ1) is 17.2. The van der Waals surface area contributed by atoms with Crippen LogP contribution in [0.4, 0.5) is 5.82 Å². The van der Waals surface area contributed by atoms with E-state index in [0.29, 0.717) is 5.82 Å². The minimum atomic E-state index is -0.131. The molecule has 5 heteroatoms. The maximum Gasteiger partial charge on any atom is 0.222 e. The molecule has 0 unspecified atom stereocenters. The number of nitrogens with zero attached hydrogens (tertiary/aromatic N) is 3. The molecule has 2 aromatic rings. The van der Waals surface area contributed by atoms with E-state index in [2.05, 4.69) is 38.4 Å². The molecule has 5 nitrogen and oxygen atoms in total. The lowest BCUT2D eigenvalue weighted by Gasteiger charge is -2.36. The van der Waals surface area contributed by atoms with E-state index in [4.69, 9.17) is 0 Å². The van der Waals surface area contributed by atoms with Crippen LogP contribution in [0.2, 0.25) is 0 Å². The average molecular weight is 350 g/mol. The fraction of sp³-hybridized carbons (Fsp3) is 0.476. The number of amides is 1. The standard InChI is InChI=1S/C21H26N4O/c1-15(26)24-21-14-22-19(13-23-21)12-16-5-6-17-7-9-25(20-3-2-4-20)10-8-18(17)11-16/h5-6,11,13-14,20H,2-4,7-10,12H2,1H3,(H,23,24,26). The Balaban J connectivity index is 1.42. The number of rotatable bonds is 4. The largest absolute Gasteiger partial charge is 0.310 e. The van der Waals surface area contributed by atoms with Crippen LogP contribution < -0.4 is 5.32 Å². The smallest absolute Gasteiger partial charge is 0.222 e. The molecule has 1 saturated carbocycles. The predicted molar refractivity (Wildman–Crippen MR) is 102 cm³/mol. The minimum absolute atomic E-state index is 0.131. The number of anilines is 1. The van der Waals surface area contributed by atoms with Gasteiger partial charge in [0.25, 0.3) is 0 Å². The highest BCUT2D eigenvalue weighted by molar-refractivity contribution is 5.87. The van der Waals surface area contributed by atoms with Gasteiger partial charge in [0.1, 0.15) is 0 Å². The molecule has 1 aromatic heterocycles. The lowest BCUT2D eigenvalue weighted by Crippen LogP contribution is -2.41. The van der Waals surface area contributed by atoms with Gasteiger partial charge in [0.05, 0.1) is 18.1 Å². The lowest BCUT2D eigenvalue weighted by atomic mass is 9.91. The first-order valence-electron chi connectivity index (χ1n) is 9.60. The zero-order valence-electron chi connectivity index (χ0n) is 15.4. The number of hydrogen-bond acceptors (Lipinski definition) is 4. The molecule has 4 rings (SSSR count). The monoisotopic (exact) mass is 350 g/mol. The summed E-state index contributed by atoms with van der Waals surface area (Å²) in [6.45, 7) is 3.86. The van der Waals surface area contributed by atoms with Gasteiger partial charge < -0.3 is 5.32 Å². The van der Waals surface area contributed by atoms with Crippen molar-refractivity contribution >= 4 is 11.7 Å². The third-order valence-electron chi connectivity index (χ3n) is 5.59. The van der Waals surface area contributed by atoms with Crippen molar-refractivity contribution in [3.8, 4) is 0 Å². The Bertz CT molecular complexity index is 783. The van der Waals surface area contributed by atoms with Crippen LogP contribution in [-0.4, -0.2) is 39.9 Å². The van der Waals surface area contributed by atoms with Gasteiger partial charge in [0, 0.05) is 32.5 Å². The fourth-order valence-corrected chi connectivity index (χ4v) is 3.92. The zero-order chi connectivity index (χ0) is 17.9. The molecule has 136 valence electrons. The van der Waals surface area contributed by atoms with Crippen molar-refractivity contribution in [1.82, 2.24) is 14.9 Å². The summed E-state index contributed by atoms with van der Waals surface area (Å²) in [6, 6.07) is 7.71. The summed E-state index contributed by atoms with van der Waals surface area (Å²) in [7, 11) is 0. The number of benzene rings is 1. The molecule has 1 fully saturated rings. The SMILES string of the molecule is CC(=O)Nc1cnc(Cc2ccc3c(c2)CCN(C2CCC2)CC3)cn1. The Kier molecular flexibility index (Phi) is 4.98. The Morgan fingerprint density at radius 1 is 1.15 bits per heavy atom. The molecule has 1 aromatic carbocycles. The van der Waals surface area contributed by atoms with Gasteiger partial charge in [-0.1, -0.05) is 24.6 Å². The van der Waals surface area contributed by atoms with E-state index in [0.717, 1.165) is 31.0 Å². The molecule has 0 atom stereocenters. The van der Waals surface area contributed by atoms with Crippen molar-refractivity contribution in [2.75, 3.05) is 18.4 Å². The summed E-state index contributed by atoms with van der Waals surface area (Å²) in [4.78, 5) is 22.4. The summed E-state index contributed by atoms with van der Waals surface area (Å²) in [5.74, 6) is 0.369. The number of carbonyl (C=O) groups is 1. The number of fused-ring (bicyclic) bond motifs is 1. The molecular weight excluding hydrogens is 324 g/mol. The third-order valence-corrected chi connectivity index (χ3v) is 5.59. The van der Waals surface area contributed by atoms with E-state index < -0.39 is 0 Å². The lowest BCUT2D eigenvalue weighted by molar-refractivity contribution is -0.114. The Labute approximate surface area is 154 Å². The van der Waals surface area contributed by atoms with Gasteiger partial charge in [0.15, 0.2) is 5.82 Å². The van der Waals surface area contributed by atoms with Crippen LogP contribution in [0, 0.1) is 0 Å². The second-order valence-electron chi connectivity index (χ2n) is 7.47. The van der Waals surface area contributed by atoms with Gasteiger partial charge in [-0.2, -0.15) is 0 Å². The number of nitrogens with one attached hydrogen (secondary N) is 1. The Morgan fingerprint density at radius 3 is 2.62 bits per heavy atom. The van der Waals surface area contributed by atoms with E-state index >= 15 is 0 Å². The van der Waals surface area contributed by atoms with Crippen LogP contribution in [0.25, 0.3) is 0 Å². The normalized spacial score (nSPS) is 17.9. The van der Waals surface area contributed by atoms with Crippen molar-refractivity contribution in [3.63, 3.8) is 0 Å². The summed E-state index contributed by atoms with van der Waals surface area (Å²) >= 11 is 0. The Hall–Kier alpha value is -2.27. The van der Waals surface area contributed by atoms with Crippen LogP contribution >= 0.6 is 0 Å². The van der Waals surface area contributed by atoms with Gasteiger partial charge in [-0.15, -0.1) is 0 Å². The molecule has 0 saturated heterocycles. The molecule has 1 aliphatic heterocycles. The predicted octanol–water partition coefficient (Wildman–Crippen LogP) is 2.98. The summed E-state index contributed by atoms with van der Waals surface area (Å²) in [5.41, 5.74) is 5.20. The zero-order valence-corrected chi connectivity index (χ0v) is 15.4. The maximum atomic E-state index is 11.1. The summed E-state index contributed by atoms with van der Waals surface area (Å²) in [5, 5.41) is 2.65. The van der Waals surface area contributed by atoms with Crippen molar-refractivity contribution in [2.45, 2.75) is 51.5 Å². The first-order valence-corrected chi connectivity index (χ1v) is 9.60. The molecule has 2 aliphatic rings. The molecule has 26 heavy (non-hydrogen) atoms. The molecule has 0 radical (unpaired) electrons. The van der Waals surface area contributed by atoms with E-state index in [1.54, 1.807) is 12.4 Å². The van der Waals surface area contributed by atoms with E-state index in [1.807, 2.05) is 0 Å². The highest BCUT2D eigenvalue weighted by Crippen LogP contribution is 2.27. The molecule has 1 aliphatic carbocycles. The molecule has 1 amide bonds. The van der Waals surface area contributed by atoms with Gasteiger partial charge in [-0.05, 0) is 42.4 Å². The van der Waals surface area contributed by atoms with Gasteiger partial charge in [-0.25, -0.2) is 4.98 Å². The van der Waals surface area contributed by atoms with Crippen molar-refractivity contribution in [2.24, 2.45) is 0 Å². The highest BCUT2D eigenvalue weighted by Gasteiger charge is 2.26. The summed E-state index contributed by atoms with van der Waals surface area (Å²) in [6.07, 6.45) is 10.6. The number of aromatic nitrogens is 2. The van der Waals surface area contributed by atoms with Gasteiger partial charge in [-0.3, -0.25) is 14.7 Å². The molecular formula is C21H26N4O. The van der Waals surface area contributed by atoms with Crippen LogP contribution in [0.15, 0.2) is 30.6 Å². The van der Waals surface area contributed by atoms with Crippen molar-refractivity contribution in [1.29, 1.82) is 0 Å². The Morgan fingerprint density at radius 2 is 1.96 bits per heavy atom. The quantitative estimate of drug-likeness (QED) is 0.921. The van der Waals surface area contributed by atoms with E-state index in [1.165, 1.54) is 56.0 Å². The molecule has 0 spiro atoms. The van der Waals surface area contributed by atoms with Crippen LogP contribution in [0.1, 0.15) is 48.6 Å². The third kappa shape index (κ3) is 3.93. The maximum absolute atomic E-state index is 11.1.